The number of anilines is 1. The first kappa shape index (κ1) is 13.6. The summed E-state index contributed by atoms with van der Waals surface area (Å²) in [5, 5.41) is 6.71. The second-order valence-corrected chi connectivity index (χ2v) is 5.81. The number of nitrogens with zero attached hydrogens (tertiary/aromatic N) is 3. The predicted octanol–water partition coefficient (Wildman–Crippen LogP) is 1.38. The van der Waals surface area contributed by atoms with Gasteiger partial charge in [0.1, 0.15) is 0 Å². The molecular weight excluding hydrogens is 266 g/mol. The van der Waals surface area contributed by atoms with Crippen LogP contribution in [0.4, 0.5) is 5.82 Å². The molecular formula is C11H17N5O2S. The van der Waals surface area contributed by atoms with E-state index in [1.54, 1.807) is 10.6 Å². The Morgan fingerprint density at radius 1 is 1.42 bits per heavy atom. The fourth-order valence-corrected chi connectivity index (χ4v) is 2.60. The molecule has 0 saturated carbocycles. The Labute approximate surface area is 112 Å². The molecule has 8 heteroatoms. The largest absolute Gasteiger partial charge is 0.336 e. The number of rotatable bonds is 6. The van der Waals surface area contributed by atoms with Gasteiger partial charge in [-0.1, -0.05) is 13.3 Å². The van der Waals surface area contributed by atoms with E-state index < -0.39 is 10.0 Å². The molecule has 0 aliphatic carbocycles. The summed E-state index contributed by atoms with van der Waals surface area (Å²) in [5.74, 6) is 0.287. The molecule has 0 spiro atoms. The molecule has 2 aromatic heterocycles. The highest BCUT2D eigenvalue weighted by Gasteiger charge is 2.18. The maximum Gasteiger partial charge on any atom is 0.282 e. The maximum absolute atomic E-state index is 12.1. The van der Waals surface area contributed by atoms with Gasteiger partial charge >= 0.3 is 0 Å². The summed E-state index contributed by atoms with van der Waals surface area (Å²) in [6.07, 6.45) is 4.78. The van der Waals surface area contributed by atoms with Crippen molar-refractivity contribution in [3.63, 3.8) is 0 Å². The predicted molar refractivity (Wildman–Crippen MR) is 71.3 cm³/mol. The monoisotopic (exact) mass is 283 g/mol. The summed E-state index contributed by atoms with van der Waals surface area (Å²) < 4.78 is 28.2. The minimum absolute atomic E-state index is 0.00519. The van der Waals surface area contributed by atoms with Crippen molar-refractivity contribution in [1.82, 2.24) is 19.7 Å². The fraction of sp³-hybridized carbons (Fsp3) is 0.455. The van der Waals surface area contributed by atoms with Gasteiger partial charge in [-0.3, -0.25) is 9.82 Å². The lowest BCUT2D eigenvalue weighted by Crippen LogP contribution is -2.13. The van der Waals surface area contributed by atoms with Crippen LogP contribution in [0.15, 0.2) is 23.6 Å². The quantitative estimate of drug-likeness (QED) is 0.837. The van der Waals surface area contributed by atoms with Crippen molar-refractivity contribution in [2.24, 2.45) is 0 Å². The van der Waals surface area contributed by atoms with E-state index >= 15 is 0 Å². The van der Waals surface area contributed by atoms with Gasteiger partial charge in [0.05, 0.1) is 6.33 Å². The van der Waals surface area contributed by atoms with Crippen molar-refractivity contribution >= 4 is 15.8 Å². The van der Waals surface area contributed by atoms with Crippen molar-refractivity contribution < 1.29 is 8.42 Å². The average molecular weight is 283 g/mol. The van der Waals surface area contributed by atoms with E-state index in [9.17, 15) is 8.42 Å². The molecule has 0 aliphatic rings. The van der Waals surface area contributed by atoms with E-state index in [1.807, 2.05) is 13.8 Å². The van der Waals surface area contributed by atoms with E-state index in [4.69, 9.17) is 0 Å². The number of hydrogen-bond donors (Lipinski definition) is 2. The zero-order chi connectivity index (χ0) is 13.9. The van der Waals surface area contributed by atoms with E-state index in [1.165, 1.54) is 12.5 Å². The molecule has 0 atom stereocenters. The van der Waals surface area contributed by atoms with Crippen molar-refractivity contribution in [2.45, 2.75) is 38.3 Å². The van der Waals surface area contributed by atoms with Crippen LogP contribution in [0.25, 0.3) is 0 Å². The number of sulfonamides is 1. The molecule has 0 radical (unpaired) electrons. The van der Waals surface area contributed by atoms with Crippen LogP contribution in [0.2, 0.25) is 0 Å². The Kier molecular flexibility index (Phi) is 3.89. The third kappa shape index (κ3) is 3.14. The van der Waals surface area contributed by atoms with Gasteiger partial charge in [0, 0.05) is 24.5 Å². The van der Waals surface area contributed by atoms with Crippen molar-refractivity contribution in [2.75, 3.05) is 4.72 Å². The first-order valence-electron chi connectivity index (χ1n) is 6.14. The van der Waals surface area contributed by atoms with Crippen LogP contribution in [-0.4, -0.2) is 28.2 Å². The second-order valence-electron chi connectivity index (χ2n) is 4.18. The zero-order valence-electron chi connectivity index (χ0n) is 10.9. The maximum atomic E-state index is 12.1. The number of aromatic amines is 1. The Morgan fingerprint density at radius 2 is 2.21 bits per heavy atom. The standard InChI is InChI=1S/C11H17N5O2S/c1-3-5-9-6-10(14-13-9)15-19(17,18)11-7-16(4-2)8-12-11/h6-8H,3-5H2,1-2H3,(H2,13,14,15). The van der Waals surface area contributed by atoms with Crippen LogP contribution in [0.5, 0.6) is 0 Å². The van der Waals surface area contributed by atoms with Gasteiger partial charge in [0.2, 0.25) is 0 Å². The van der Waals surface area contributed by atoms with Crippen LogP contribution in [0.1, 0.15) is 26.0 Å². The van der Waals surface area contributed by atoms with Crippen LogP contribution >= 0.6 is 0 Å². The molecule has 0 bridgehead atoms. The summed E-state index contributed by atoms with van der Waals surface area (Å²) in [5.41, 5.74) is 0.902. The number of nitrogens with one attached hydrogen (secondary N) is 2. The molecule has 2 aromatic rings. The van der Waals surface area contributed by atoms with Crippen LogP contribution < -0.4 is 4.72 Å². The lowest BCUT2D eigenvalue weighted by molar-refractivity contribution is 0.597. The summed E-state index contributed by atoms with van der Waals surface area (Å²) in [4.78, 5) is 3.87. The van der Waals surface area contributed by atoms with E-state index in [2.05, 4.69) is 19.9 Å². The Bertz CT molecular complexity index is 644. The van der Waals surface area contributed by atoms with E-state index in [0.717, 1.165) is 18.5 Å². The van der Waals surface area contributed by atoms with Gasteiger partial charge in [0.15, 0.2) is 10.8 Å². The van der Waals surface area contributed by atoms with Gasteiger partial charge in [0.25, 0.3) is 10.0 Å². The molecule has 0 unspecified atom stereocenters. The van der Waals surface area contributed by atoms with Gasteiger partial charge in [-0.2, -0.15) is 13.5 Å². The fourth-order valence-electron chi connectivity index (χ4n) is 1.65. The smallest absolute Gasteiger partial charge is 0.282 e. The van der Waals surface area contributed by atoms with Gasteiger partial charge in [-0.15, -0.1) is 0 Å². The SMILES string of the molecule is CCCc1cc(NS(=O)(=O)c2cn(CC)cn2)n[nH]1. The van der Waals surface area contributed by atoms with Crippen molar-refractivity contribution in [3.05, 3.63) is 24.3 Å². The normalized spacial score (nSPS) is 11.7. The van der Waals surface area contributed by atoms with Gasteiger partial charge < -0.3 is 4.57 Å². The first-order valence-corrected chi connectivity index (χ1v) is 7.62. The highest BCUT2D eigenvalue weighted by atomic mass is 32.2. The lowest BCUT2D eigenvalue weighted by atomic mass is 10.2. The van der Waals surface area contributed by atoms with Crippen LogP contribution in [0.3, 0.4) is 0 Å². The molecule has 2 heterocycles. The van der Waals surface area contributed by atoms with Crippen molar-refractivity contribution in [1.29, 1.82) is 0 Å². The summed E-state index contributed by atoms with van der Waals surface area (Å²) in [7, 11) is -3.67. The Balaban J connectivity index is 2.15. The Hall–Kier alpha value is -1.83. The molecule has 19 heavy (non-hydrogen) atoms. The Morgan fingerprint density at radius 3 is 2.84 bits per heavy atom. The molecule has 2 N–H and O–H groups in total. The number of aromatic nitrogens is 4. The summed E-state index contributed by atoms with van der Waals surface area (Å²) in [6.45, 7) is 4.63. The average Bonchev–Trinajstić information content (AvgIpc) is 2.98. The molecule has 0 saturated heterocycles. The molecule has 104 valence electrons. The van der Waals surface area contributed by atoms with E-state index in [-0.39, 0.29) is 10.8 Å². The first-order chi connectivity index (χ1) is 9.05. The third-order valence-electron chi connectivity index (χ3n) is 2.64. The van der Waals surface area contributed by atoms with Gasteiger partial charge in [-0.25, -0.2) is 4.98 Å². The molecule has 2 rings (SSSR count). The molecule has 0 fully saturated rings. The minimum Gasteiger partial charge on any atom is -0.336 e. The van der Waals surface area contributed by atoms with Crippen LogP contribution in [-0.2, 0) is 23.0 Å². The minimum atomic E-state index is -3.67. The second kappa shape index (κ2) is 5.43. The number of H-pyrrole nitrogens is 1. The lowest BCUT2D eigenvalue weighted by Gasteiger charge is -2.01. The third-order valence-corrected chi connectivity index (χ3v) is 3.88. The number of hydrogen-bond acceptors (Lipinski definition) is 4. The number of aryl methyl sites for hydroxylation is 2. The molecule has 0 aliphatic heterocycles. The van der Waals surface area contributed by atoms with Gasteiger partial charge in [-0.05, 0) is 13.3 Å². The number of imidazole rings is 1. The van der Waals surface area contributed by atoms with E-state index in [0.29, 0.717) is 6.54 Å². The summed E-state index contributed by atoms with van der Waals surface area (Å²) in [6, 6.07) is 1.69. The highest BCUT2D eigenvalue weighted by Crippen LogP contribution is 2.13. The molecule has 0 amide bonds. The topological polar surface area (TPSA) is 92.7 Å². The molecule has 0 aromatic carbocycles. The zero-order valence-corrected chi connectivity index (χ0v) is 11.7. The van der Waals surface area contributed by atoms with Crippen LogP contribution in [0, 0.1) is 0 Å². The highest BCUT2D eigenvalue weighted by molar-refractivity contribution is 7.92. The van der Waals surface area contributed by atoms with Crippen molar-refractivity contribution in [3.8, 4) is 0 Å². The summed E-state index contributed by atoms with van der Waals surface area (Å²) >= 11 is 0. The molecule has 7 nitrogen and oxygen atoms in total.